The molecule has 2 aromatic rings. The number of nitrogens with zero attached hydrogens (tertiary/aromatic N) is 2. The van der Waals surface area contributed by atoms with E-state index in [1.54, 1.807) is 24.4 Å². The summed E-state index contributed by atoms with van der Waals surface area (Å²) in [5, 5.41) is 12.1. The molecule has 1 aromatic carbocycles. The molecule has 1 amide bonds. The lowest BCUT2D eigenvalue weighted by Gasteiger charge is -2.15. The Kier molecular flexibility index (Phi) is 6.80. The maximum absolute atomic E-state index is 12.6. The van der Waals surface area contributed by atoms with E-state index in [9.17, 15) is 9.59 Å². The van der Waals surface area contributed by atoms with Crippen LogP contribution in [0.5, 0.6) is 5.75 Å². The van der Waals surface area contributed by atoms with E-state index in [1.807, 2.05) is 24.3 Å². The summed E-state index contributed by atoms with van der Waals surface area (Å²) in [4.78, 5) is 30.3. The summed E-state index contributed by atoms with van der Waals surface area (Å²) in [6.07, 6.45) is 2.41. The number of aromatic nitrogens is 1. The van der Waals surface area contributed by atoms with Gasteiger partial charge in [-0.3, -0.25) is 9.78 Å². The Bertz CT molecular complexity index is 898. The number of aliphatic hydroxyl groups excluding tert-OH is 1. The molecule has 1 aliphatic heterocycles. The van der Waals surface area contributed by atoms with Crippen LogP contribution in [0.25, 0.3) is 0 Å². The number of esters is 1. The third-order valence-corrected chi connectivity index (χ3v) is 4.41. The van der Waals surface area contributed by atoms with Gasteiger partial charge in [0.2, 0.25) is 0 Å². The molecule has 0 fully saturated rings. The Balaban J connectivity index is 1.69. The molecule has 2 N–H and O–H groups in total. The summed E-state index contributed by atoms with van der Waals surface area (Å²) in [6.45, 7) is 0.503. The molecule has 0 saturated carbocycles. The van der Waals surface area contributed by atoms with E-state index >= 15 is 0 Å². The Hall–Kier alpha value is -3.39. The van der Waals surface area contributed by atoms with Crippen LogP contribution in [0.4, 0.5) is 5.69 Å². The smallest absolute Gasteiger partial charge is 0.337 e. The van der Waals surface area contributed by atoms with Crippen LogP contribution in [-0.4, -0.2) is 60.3 Å². The summed E-state index contributed by atoms with van der Waals surface area (Å²) in [6, 6.07) is 12.9. The SMILES string of the molecule is COC(=O)C1=C(Nc2cccc(OCCc3ccccn3)c2)C(=O)N(CCO)C1. The van der Waals surface area contributed by atoms with Gasteiger partial charge in [-0.05, 0) is 24.3 Å². The number of amides is 1. The second-order valence-electron chi connectivity index (χ2n) is 6.37. The van der Waals surface area contributed by atoms with Gasteiger partial charge in [-0.2, -0.15) is 0 Å². The number of benzene rings is 1. The van der Waals surface area contributed by atoms with E-state index in [0.717, 1.165) is 5.69 Å². The fraction of sp³-hybridized carbons (Fsp3) is 0.286. The summed E-state index contributed by atoms with van der Waals surface area (Å²) in [5.74, 6) is -0.311. The van der Waals surface area contributed by atoms with Crippen molar-refractivity contribution in [1.29, 1.82) is 0 Å². The third-order valence-electron chi connectivity index (χ3n) is 4.41. The predicted molar refractivity (Wildman–Crippen MR) is 106 cm³/mol. The molecule has 0 unspecified atom stereocenters. The number of hydrogen-bond acceptors (Lipinski definition) is 7. The van der Waals surface area contributed by atoms with E-state index in [0.29, 0.717) is 24.5 Å². The average molecular weight is 397 g/mol. The van der Waals surface area contributed by atoms with Crippen molar-refractivity contribution in [2.24, 2.45) is 0 Å². The Morgan fingerprint density at radius 2 is 2.14 bits per heavy atom. The van der Waals surface area contributed by atoms with Crippen LogP contribution in [-0.2, 0) is 20.7 Å². The molecule has 8 nitrogen and oxygen atoms in total. The first kappa shape index (κ1) is 20.3. The maximum Gasteiger partial charge on any atom is 0.337 e. The van der Waals surface area contributed by atoms with Crippen molar-refractivity contribution >= 4 is 17.6 Å². The van der Waals surface area contributed by atoms with Gasteiger partial charge in [0.1, 0.15) is 11.4 Å². The first-order valence-electron chi connectivity index (χ1n) is 9.23. The van der Waals surface area contributed by atoms with Gasteiger partial charge in [0.25, 0.3) is 5.91 Å². The van der Waals surface area contributed by atoms with Crippen LogP contribution in [0.15, 0.2) is 59.9 Å². The third kappa shape index (κ3) is 5.11. The van der Waals surface area contributed by atoms with Gasteiger partial charge in [-0.15, -0.1) is 0 Å². The number of hydrogen-bond donors (Lipinski definition) is 2. The van der Waals surface area contributed by atoms with Gasteiger partial charge in [0, 0.05) is 36.6 Å². The van der Waals surface area contributed by atoms with Crippen molar-refractivity contribution in [3.05, 3.63) is 65.6 Å². The molecule has 8 heteroatoms. The summed E-state index contributed by atoms with van der Waals surface area (Å²) in [7, 11) is 1.27. The highest BCUT2D eigenvalue weighted by molar-refractivity contribution is 6.08. The zero-order valence-electron chi connectivity index (χ0n) is 16.1. The number of methoxy groups -OCH3 is 1. The van der Waals surface area contributed by atoms with Crippen molar-refractivity contribution in [2.45, 2.75) is 6.42 Å². The van der Waals surface area contributed by atoms with E-state index in [1.165, 1.54) is 12.0 Å². The topological polar surface area (TPSA) is 101 Å². The number of anilines is 1. The van der Waals surface area contributed by atoms with Crippen LogP contribution in [0.1, 0.15) is 5.69 Å². The van der Waals surface area contributed by atoms with Gasteiger partial charge in [0.15, 0.2) is 0 Å². The van der Waals surface area contributed by atoms with E-state index < -0.39 is 5.97 Å². The number of β-amino-alcohol motifs (C(OH)–C–C–N with tert-alkyl or cyclic N) is 1. The molecular formula is C21H23N3O5. The molecule has 29 heavy (non-hydrogen) atoms. The minimum Gasteiger partial charge on any atom is -0.493 e. The lowest BCUT2D eigenvalue weighted by atomic mass is 10.2. The number of pyridine rings is 1. The highest BCUT2D eigenvalue weighted by atomic mass is 16.5. The number of ether oxygens (including phenoxy) is 2. The Labute approximate surface area is 168 Å². The van der Waals surface area contributed by atoms with Gasteiger partial charge in [-0.1, -0.05) is 12.1 Å². The Morgan fingerprint density at radius 3 is 2.86 bits per heavy atom. The molecule has 2 heterocycles. The maximum atomic E-state index is 12.6. The van der Waals surface area contributed by atoms with E-state index in [2.05, 4.69) is 10.3 Å². The van der Waals surface area contributed by atoms with Crippen LogP contribution in [0, 0.1) is 0 Å². The largest absolute Gasteiger partial charge is 0.493 e. The quantitative estimate of drug-likeness (QED) is 0.617. The minimum absolute atomic E-state index is 0.0919. The number of aliphatic hydroxyl groups is 1. The highest BCUT2D eigenvalue weighted by Gasteiger charge is 2.34. The molecule has 0 radical (unpaired) electrons. The number of nitrogens with one attached hydrogen (secondary N) is 1. The van der Waals surface area contributed by atoms with E-state index in [4.69, 9.17) is 14.6 Å². The first-order chi connectivity index (χ1) is 14.1. The first-order valence-corrected chi connectivity index (χ1v) is 9.23. The minimum atomic E-state index is -0.580. The van der Waals surface area contributed by atoms with Crippen molar-refractivity contribution in [1.82, 2.24) is 9.88 Å². The predicted octanol–water partition coefficient (Wildman–Crippen LogP) is 1.38. The molecule has 0 spiro atoms. The van der Waals surface area contributed by atoms with Gasteiger partial charge < -0.3 is 24.8 Å². The van der Waals surface area contributed by atoms with Crippen LogP contribution < -0.4 is 10.1 Å². The molecule has 0 saturated heterocycles. The molecule has 0 atom stereocenters. The van der Waals surface area contributed by atoms with Crippen molar-refractivity contribution in [3.63, 3.8) is 0 Å². The zero-order chi connectivity index (χ0) is 20.6. The lowest BCUT2D eigenvalue weighted by Crippen LogP contribution is -2.31. The van der Waals surface area contributed by atoms with Crippen LogP contribution in [0.2, 0.25) is 0 Å². The fourth-order valence-electron chi connectivity index (χ4n) is 2.98. The summed E-state index contributed by atoms with van der Waals surface area (Å²) >= 11 is 0. The van der Waals surface area contributed by atoms with Crippen LogP contribution in [0.3, 0.4) is 0 Å². The van der Waals surface area contributed by atoms with Gasteiger partial charge in [-0.25, -0.2) is 4.79 Å². The van der Waals surface area contributed by atoms with Gasteiger partial charge in [0.05, 0.1) is 32.4 Å². The zero-order valence-corrected chi connectivity index (χ0v) is 16.1. The van der Waals surface area contributed by atoms with Crippen molar-refractivity contribution in [3.8, 4) is 5.75 Å². The molecule has 1 aliphatic rings. The number of carbonyl (C=O) groups excluding carboxylic acids is 2. The second-order valence-corrected chi connectivity index (χ2v) is 6.37. The Morgan fingerprint density at radius 1 is 1.28 bits per heavy atom. The lowest BCUT2D eigenvalue weighted by molar-refractivity contribution is -0.136. The van der Waals surface area contributed by atoms with Crippen molar-refractivity contribution in [2.75, 3.05) is 38.7 Å². The average Bonchev–Trinajstić information content (AvgIpc) is 3.04. The summed E-state index contributed by atoms with van der Waals surface area (Å²) in [5.41, 5.74) is 1.93. The molecular weight excluding hydrogens is 374 g/mol. The normalized spacial score (nSPS) is 13.6. The monoisotopic (exact) mass is 397 g/mol. The highest BCUT2D eigenvalue weighted by Crippen LogP contribution is 2.25. The fourth-order valence-corrected chi connectivity index (χ4v) is 2.98. The molecule has 0 aliphatic carbocycles. The molecule has 3 rings (SSSR count). The van der Waals surface area contributed by atoms with E-state index in [-0.39, 0.29) is 36.9 Å². The number of carbonyl (C=O) groups is 2. The molecule has 1 aromatic heterocycles. The molecule has 152 valence electrons. The molecule has 0 bridgehead atoms. The second kappa shape index (κ2) is 9.70. The van der Waals surface area contributed by atoms with Crippen molar-refractivity contribution < 1.29 is 24.2 Å². The van der Waals surface area contributed by atoms with Gasteiger partial charge >= 0.3 is 5.97 Å². The summed E-state index contributed by atoms with van der Waals surface area (Å²) < 4.78 is 10.6. The standard InChI is InChI=1S/C21H23N3O5/c1-28-21(27)18-14-24(10-11-25)20(26)19(18)23-16-6-4-7-17(13-16)29-12-8-15-5-2-3-9-22-15/h2-7,9,13,23,25H,8,10-12,14H2,1H3. The number of rotatable bonds is 9. The van der Waals surface area contributed by atoms with Crippen LogP contribution >= 0.6 is 0 Å².